The highest BCUT2D eigenvalue weighted by atomic mass is 16.5. The molecule has 5 rings (SSSR count). The van der Waals surface area contributed by atoms with Gasteiger partial charge in [0.15, 0.2) is 11.5 Å². The topological polar surface area (TPSA) is 90.8 Å². The Morgan fingerprint density at radius 3 is 2.49 bits per heavy atom. The zero-order valence-corrected chi connectivity index (χ0v) is 21.7. The molecule has 39 heavy (non-hydrogen) atoms. The van der Waals surface area contributed by atoms with Gasteiger partial charge in [-0.3, -0.25) is 19.5 Å². The first-order valence-electron chi connectivity index (χ1n) is 12.5. The molecule has 196 valence electrons. The van der Waals surface area contributed by atoms with Gasteiger partial charge >= 0.3 is 0 Å². The highest BCUT2D eigenvalue weighted by Gasteiger charge is 2.16. The molecule has 0 N–H and O–H groups in total. The van der Waals surface area contributed by atoms with E-state index in [0.717, 1.165) is 26.9 Å². The number of ether oxygens (including phenoxy) is 3. The van der Waals surface area contributed by atoms with E-state index in [1.807, 2.05) is 49.4 Å². The summed E-state index contributed by atoms with van der Waals surface area (Å²) in [5.41, 5.74) is 2.82. The molecular formula is C31H27N3O5. The Labute approximate surface area is 225 Å². The van der Waals surface area contributed by atoms with Crippen molar-refractivity contribution in [3.05, 3.63) is 96.3 Å². The fourth-order valence-electron chi connectivity index (χ4n) is 4.27. The average Bonchev–Trinajstić information content (AvgIpc) is 2.97. The molecule has 0 unspecified atom stereocenters. The van der Waals surface area contributed by atoms with E-state index >= 15 is 0 Å². The number of fused-ring (bicyclic) bond motifs is 2. The fourth-order valence-corrected chi connectivity index (χ4v) is 4.27. The number of benzene rings is 3. The van der Waals surface area contributed by atoms with E-state index in [-0.39, 0.29) is 19.1 Å². The lowest BCUT2D eigenvalue weighted by atomic mass is 10.1. The van der Waals surface area contributed by atoms with Crippen molar-refractivity contribution in [2.24, 2.45) is 0 Å². The number of nitrogens with zero attached hydrogens (tertiary/aromatic N) is 3. The minimum absolute atomic E-state index is 0.225. The highest BCUT2D eigenvalue weighted by Crippen LogP contribution is 2.38. The van der Waals surface area contributed by atoms with Gasteiger partial charge in [0.2, 0.25) is 6.41 Å². The van der Waals surface area contributed by atoms with Gasteiger partial charge in [0.1, 0.15) is 11.5 Å². The second-order valence-corrected chi connectivity index (χ2v) is 8.87. The molecule has 0 saturated carbocycles. The van der Waals surface area contributed by atoms with Gasteiger partial charge in [-0.25, -0.2) is 4.98 Å². The lowest BCUT2D eigenvalue weighted by Gasteiger charge is -2.17. The minimum Gasteiger partial charge on any atom is -0.493 e. The van der Waals surface area contributed by atoms with Crippen LogP contribution in [0.5, 0.6) is 23.0 Å². The number of rotatable bonds is 10. The van der Waals surface area contributed by atoms with E-state index in [4.69, 9.17) is 14.2 Å². The number of aryl methyl sites for hydroxylation is 1. The first kappa shape index (κ1) is 25.7. The molecule has 0 aliphatic rings. The number of carbonyl (C=O) groups is 2. The smallest absolute Gasteiger partial charge is 0.260 e. The summed E-state index contributed by atoms with van der Waals surface area (Å²) in [6, 6.07) is 24.0. The van der Waals surface area contributed by atoms with Crippen LogP contribution < -0.4 is 14.2 Å². The molecule has 0 saturated heterocycles. The van der Waals surface area contributed by atoms with Crippen molar-refractivity contribution in [2.45, 2.75) is 13.3 Å². The summed E-state index contributed by atoms with van der Waals surface area (Å²) >= 11 is 0. The maximum Gasteiger partial charge on any atom is 0.260 e. The maximum absolute atomic E-state index is 12.5. The number of imide groups is 1. The summed E-state index contributed by atoms with van der Waals surface area (Å²) in [6.07, 6.45) is 2.67. The molecule has 0 spiro atoms. The van der Waals surface area contributed by atoms with Crippen molar-refractivity contribution in [3.63, 3.8) is 0 Å². The van der Waals surface area contributed by atoms with Crippen molar-refractivity contribution in [2.75, 3.05) is 20.3 Å². The van der Waals surface area contributed by atoms with Crippen LogP contribution in [0.25, 0.3) is 21.8 Å². The van der Waals surface area contributed by atoms with Crippen LogP contribution in [0.1, 0.15) is 22.5 Å². The summed E-state index contributed by atoms with van der Waals surface area (Å²) in [4.78, 5) is 34.3. The van der Waals surface area contributed by atoms with Gasteiger partial charge in [-0.2, -0.15) is 0 Å². The van der Waals surface area contributed by atoms with Gasteiger partial charge in [-0.05, 0) is 49.7 Å². The summed E-state index contributed by atoms with van der Waals surface area (Å²) in [5.74, 6) is 1.95. The van der Waals surface area contributed by atoms with Gasteiger partial charge < -0.3 is 14.2 Å². The largest absolute Gasteiger partial charge is 0.493 e. The van der Waals surface area contributed by atoms with E-state index in [9.17, 15) is 9.59 Å². The molecule has 0 bridgehead atoms. The molecule has 8 nitrogen and oxygen atoms in total. The highest BCUT2D eigenvalue weighted by molar-refractivity contribution is 5.99. The number of pyridine rings is 2. The lowest BCUT2D eigenvalue weighted by Crippen LogP contribution is -2.31. The predicted molar refractivity (Wildman–Crippen MR) is 149 cm³/mol. The van der Waals surface area contributed by atoms with Gasteiger partial charge in [-0.15, -0.1) is 0 Å². The molecule has 0 fully saturated rings. The van der Waals surface area contributed by atoms with Crippen molar-refractivity contribution >= 4 is 34.1 Å². The Bertz CT molecular complexity index is 1640. The standard InChI is InChI=1S/C31H27N3O5/c1-21-28(17-23-11-6-7-12-25(23)33-21)39-27-13-14-32-26-19-30(29(37-2)18-24(26)27)38-16-8-15-34(20-35)31(36)22-9-4-3-5-10-22/h3-7,9-14,17-20H,8,15-16H2,1-2H3. The van der Waals surface area contributed by atoms with Crippen LogP contribution in [0.4, 0.5) is 0 Å². The zero-order chi connectivity index (χ0) is 27.2. The number of hydrogen-bond acceptors (Lipinski definition) is 7. The second kappa shape index (κ2) is 11.6. The third kappa shape index (κ3) is 5.65. The Balaban J connectivity index is 1.31. The number of aromatic nitrogens is 2. The molecule has 2 amide bonds. The van der Waals surface area contributed by atoms with Crippen molar-refractivity contribution < 1.29 is 23.8 Å². The van der Waals surface area contributed by atoms with Crippen LogP contribution in [-0.2, 0) is 4.79 Å². The molecule has 0 atom stereocenters. The molecule has 5 aromatic rings. The molecular weight excluding hydrogens is 494 g/mol. The van der Waals surface area contributed by atoms with Gasteiger partial charge in [0, 0.05) is 35.1 Å². The van der Waals surface area contributed by atoms with E-state index in [2.05, 4.69) is 9.97 Å². The van der Waals surface area contributed by atoms with Crippen LogP contribution >= 0.6 is 0 Å². The SMILES string of the molecule is COc1cc2c(Oc3cc4ccccc4nc3C)ccnc2cc1OCCCN(C=O)C(=O)c1ccccc1. The van der Waals surface area contributed by atoms with E-state index in [1.54, 1.807) is 49.7 Å². The molecule has 2 heterocycles. The number of methoxy groups -OCH3 is 1. The minimum atomic E-state index is -0.345. The first-order valence-corrected chi connectivity index (χ1v) is 12.5. The summed E-state index contributed by atoms with van der Waals surface area (Å²) in [5, 5.41) is 1.75. The van der Waals surface area contributed by atoms with Crippen LogP contribution in [-0.4, -0.2) is 47.4 Å². The van der Waals surface area contributed by atoms with Crippen molar-refractivity contribution in [1.29, 1.82) is 0 Å². The zero-order valence-electron chi connectivity index (χ0n) is 21.7. The average molecular weight is 522 g/mol. The van der Waals surface area contributed by atoms with Crippen molar-refractivity contribution in [1.82, 2.24) is 14.9 Å². The van der Waals surface area contributed by atoms with Gasteiger partial charge in [0.25, 0.3) is 5.91 Å². The third-order valence-electron chi connectivity index (χ3n) is 6.28. The Morgan fingerprint density at radius 1 is 0.897 bits per heavy atom. The number of hydrogen-bond donors (Lipinski definition) is 0. The molecule has 2 aromatic heterocycles. The fraction of sp³-hybridized carbons (Fsp3) is 0.161. The molecule has 0 aliphatic carbocycles. The Kier molecular flexibility index (Phi) is 7.63. The number of amides is 2. The summed E-state index contributed by atoms with van der Waals surface area (Å²) in [6.45, 7) is 2.41. The van der Waals surface area contributed by atoms with Gasteiger partial charge in [0.05, 0.1) is 30.4 Å². The second-order valence-electron chi connectivity index (χ2n) is 8.87. The molecule has 0 radical (unpaired) electrons. The van der Waals surface area contributed by atoms with E-state index in [1.165, 1.54) is 0 Å². The third-order valence-corrected chi connectivity index (χ3v) is 6.28. The quantitative estimate of drug-likeness (QED) is 0.165. The molecule has 8 heteroatoms. The van der Waals surface area contributed by atoms with Crippen LogP contribution in [0.3, 0.4) is 0 Å². The van der Waals surface area contributed by atoms with Crippen molar-refractivity contribution in [3.8, 4) is 23.0 Å². The van der Waals surface area contributed by atoms with E-state index < -0.39 is 0 Å². The van der Waals surface area contributed by atoms with Crippen LogP contribution in [0.15, 0.2) is 85.1 Å². The Hall–Kier alpha value is -4.98. The first-order chi connectivity index (χ1) is 19.1. The molecule has 3 aromatic carbocycles. The monoisotopic (exact) mass is 521 g/mol. The Morgan fingerprint density at radius 2 is 1.69 bits per heavy atom. The normalized spacial score (nSPS) is 10.8. The summed E-state index contributed by atoms with van der Waals surface area (Å²) in [7, 11) is 1.56. The van der Waals surface area contributed by atoms with E-state index in [0.29, 0.717) is 46.9 Å². The van der Waals surface area contributed by atoms with Gasteiger partial charge in [-0.1, -0.05) is 36.4 Å². The summed E-state index contributed by atoms with van der Waals surface area (Å²) < 4.78 is 17.9. The molecule has 0 aliphatic heterocycles. The number of para-hydroxylation sites is 1. The lowest BCUT2D eigenvalue weighted by molar-refractivity contribution is -0.116. The number of carbonyl (C=O) groups excluding carboxylic acids is 2. The van der Waals surface area contributed by atoms with Crippen LogP contribution in [0, 0.1) is 6.92 Å². The van der Waals surface area contributed by atoms with Crippen LogP contribution in [0.2, 0.25) is 0 Å². The predicted octanol–water partition coefficient (Wildman–Crippen LogP) is 5.96. The maximum atomic E-state index is 12.5.